The Morgan fingerprint density at radius 1 is 1.00 bits per heavy atom. The van der Waals surface area contributed by atoms with E-state index in [9.17, 15) is 5.11 Å². The van der Waals surface area contributed by atoms with Gasteiger partial charge in [0.25, 0.3) is 0 Å². The van der Waals surface area contributed by atoms with E-state index in [4.69, 9.17) is 4.42 Å². The molecule has 0 aliphatic carbocycles. The number of phenols is 1. The summed E-state index contributed by atoms with van der Waals surface area (Å²) in [6.45, 7) is 0. The van der Waals surface area contributed by atoms with Crippen LogP contribution in [-0.4, -0.2) is 10.1 Å². The number of aromatic nitrogens is 1. The second-order valence-electron chi connectivity index (χ2n) is 3.47. The van der Waals surface area contributed by atoms with Crippen LogP contribution in [0.4, 0.5) is 0 Å². The summed E-state index contributed by atoms with van der Waals surface area (Å²) in [6, 6.07) is 12.7. The van der Waals surface area contributed by atoms with Gasteiger partial charge < -0.3 is 14.5 Å². The first-order valence-corrected chi connectivity index (χ1v) is 4.90. The number of para-hydroxylation sites is 2. The van der Waals surface area contributed by atoms with Gasteiger partial charge in [0.2, 0.25) is 0 Å². The zero-order valence-electron chi connectivity index (χ0n) is 9.05. The van der Waals surface area contributed by atoms with Crippen LogP contribution >= 0.6 is 0 Å². The third-order valence-corrected chi connectivity index (χ3v) is 2.51. The van der Waals surface area contributed by atoms with Gasteiger partial charge in [-0.15, -0.1) is 0 Å². The summed E-state index contributed by atoms with van der Waals surface area (Å²) < 4.78 is 5.10. The normalized spacial score (nSPS) is 10.1. The molecule has 0 aliphatic heterocycles. The molecule has 3 aromatic rings. The average molecular weight is 276 g/mol. The van der Waals surface area contributed by atoms with E-state index in [1.165, 1.54) is 0 Å². The van der Waals surface area contributed by atoms with E-state index >= 15 is 0 Å². The molecule has 0 saturated carbocycles. The molecule has 0 amide bonds. The maximum absolute atomic E-state index is 9.79. The van der Waals surface area contributed by atoms with Crippen LogP contribution in [0.5, 0.6) is 5.75 Å². The second kappa shape index (κ2) is 4.68. The van der Waals surface area contributed by atoms with E-state index in [-0.39, 0.29) is 25.2 Å². The predicted molar refractivity (Wildman–Crippen MR) is 59.9 cm³/mol. The molecule has 3 nitrogen and oxygen atoms in total. The maximum atomic E-state index is 9.79. The molecule has 3 rings (SSSR count). The van der Waals surface area contributed by atoms with Crippen LogP contribution in [0.1, 0.15) is 0 Å². The number of hydrogen-bond donors (Lipinski definition) is 1. The van der Waals surface area contributed by atoms with E-state index in [0.29, 0.717) is 11.1 Å². The summed E-state index contributed by atoms with van der Waals surface area (Å²) in [5.41, 5.74) is 2.97. The van der Waals surface area contributed by atoms with Gasteiger partial charge in [0, 0.05) is 25.0 Å². The van der Waals surface area contributed by atoms with Crippen molar-refractivity contribution in [3.8, 4) is 16.9 Å². The molecule has 0 radical (unpaired) electrons. The molecule has 0 unspecified atom stereocenters. The zero-order valence-corrected chi connectivity index (χ0v) is 12.0. The van der Waals surface area contributed by atoms with Crippen molar-refractivity contribution in [3.05, 3.63) is 48.9 Å². The van der Waals surface area contributed by atoms with Crippen molar-refractivity contribution in [2.24, 2.45) is 0 Å². The number of phenolic OH excluding ortho intramolecular Hbond substituents is 1. The Morgan fingerprint density at radius 2 is 1.76 bits per heavy atom. The van der Waals surface area contributed by atoms with Crippen LogP contribution in [0.2, 0.25) is 0 Å². The van der Waals surface area contributed by atoms with E-state index in [1.807, 2.05) is 30.3 Å². The third-order valence-electron chi connectivity index (χ3n) is 2.51. The molecule has 80 valence electrons. The summed E-state index contributed by atoms with van der Waals surface area (Å²) in [6.07, 6.45) is 2.46. The van der Waals surface area contributed by atoms with Gasteiger partial charge in [-0.05, 0) is 17.2 Å². The molecular formula is C13H8NO2Zn-. The molecule has 17 heavy (non-hydrogen) atoms. The molecule has 0 saturated heterocycles. The van der Waals surface area contributed by atoms with Crippen molar-refractivity contribution >= 4 is 11.1 Å². The number of aromatic hydroxyl groups is 1. The summed E-state index contributed by atoms with van der Waals surface area (Å²) in [7, 11) is 0. The Morgan fingerprint density at radius 3 is 2.59 bits per heavy atom. The standard InChI is InChI=1S/C13H8NO2.Zn/c15-11-6-2-1-4-9(11)10-5-3-7-12-13(10)14-8-16-12;/h1-7,15H;/q-1;. The molecule has 1 heterocycles. The molecule has 0 fully saturated rings. The summed E-state index contributed by atoms with van der Waals surface area (Å²) in [4.78, 5) is 4.03. The SMILES string of the molecule is Oc1ccccc1-c1cccc2o[c-]nc12.[Zn]. The Hall–Kier alpha value is -1.67. The largest absolute Gasteiger partial charge is 0.573 e. The maximum Gasteiger partial charge on any atom is 0.122 e. The fraction of sp³-hybridized carbons (Fsp3) is 0. The van der Waals surface area contributed by atoms with Gasteiger partial charge in [0.15, 0.2) is 0 Å². The first-order valence-electron chi connectivity index (χ1n) is 4.90. The first kappa shape index (κ1) is 11.8. The molecule has 2 aromatic carbocycles. The van der Waals surface area contributed by atoms with Crippen LogP contribution in [-0.2, 0) is 19.5 Å². The Bertz CT molecular complexity index is 648. The van der Waals surface area contributed by atoms with E-state index in [1.54, 1.807) is 12.1 Å². The van der Waals surface area contributed by atoms with Gasteiger partial charge in [0.05, 0.1) is 0 Å². The fourth-order valence-electron chi connectivity index (χ4n) is 1.76. The smallest absolute Gasteiger partial charge is 0.122 e. The van der Waals surface area contributed by atoms with E-state index < -0.39 is 0 Å². The van der Waals surface area contributed by atoms with Crippen LogP contribution in [0.15, 0.2) is 46.9 Å². The summed E-state index contributed by atoms with van der Waals surface area (Å²) in [5, 5.41) is 9.79. The van der Waals surface area contributed by atoms with Crippen molar-refractivity contribution in [2.75, 3.05) is 0 Å². The van der Waals surface area contributed by atoms with Gasteiger partial charge in [-0.3, -0.25) is 0 Å². The summed E-state index contributed by atoms with van der Waals surface area (Å²) >= 11 is 0. The molecule has 1 aromatic heterocycles. The number of nitrogens with zero attached hydrogens (tertiary/aromatic N) is 1. The Balaban J connectivity index is 0.00000108. The molecule has 0 spiro atoms. The Kier molecular flexibility index (Phi) is 3.25. The van der Waals surface area contributed by atoms with E-state index in [2.05, 4.69) is 11.4 Å². The van der Waals surface area contributed by atoms with Gasteiger partial charge in [-0.2, -0.15) is 0 Å². The van der Waals surface area contributed by atoms with Crippen molar-refractivity contribution < 1.29 is 29.0 Å². The van der Waals surface area contributed by atoms with Gasteiger partial charge >= 0.3 is 0 Å². The predicted octanol–water partition coefficient (Wildman–Crippen LogP) is 3.00. The summed E-state index contributed by atoms with van der Waals surface area (Å²) in [5.74, 6) is 0.234. The average Bonchev–Trinajstić information content (AvgIpc) is 2.77. The zero-order chi connectivity index (χ0) is 11.0. The van der Waals surface area contributed by atoms with Gasteiger partial charge in [-0.25, -0.2) is 0 Å². The van der Waals surface area contributed by atoms with Gasteiger partial charge in [-0.1, -0.05) is 42.0 Å². The minimum absolute atomic E-state index is 0. The van der Waals surface area contributed by atoms with Gasteiger partial charge in [0.1, 0.15) is 12.1 Å². The number of oxazole rings is 1. The molecule has 4 heteroatoms. The topological polar surface area (TPSA) is 46.3 Å². The van der Waals surface area contributed by atoms with Crippen LogP contribution in [0.25, 0.3) is 22.2 Å². The Labute approximate surface area is 111 Å². The van der Waals surface area contributed by atoms with E-state index in [0.717, 1.165) is 11.1 Å². The van der Waals surface area contributed by atoms with Crippen LogP contribution in [0.3, 0.4) is 0 Å². The number of rotatable bonds is 1. The quantitative estimate of drug-likeness (QED) is 0.548. The molecular weight excluding hydrogens is 268 g/mol. The second-order valence-corrected chi connectivity index (χ2v) is 3.47. The number of fused-ring (bicyclic) bond motifs is 1. The molecule has 0 bridgehead atoms. The molecule has 1 N–H and O–H groups in total. The van der Waals surface area contributed by atoms with Crippen molar-refractivity contribution in [2.45, 2.75) is 0 Å². The van der Waals surface area contributed by atoms with Crippen LogP contribution in [0, 0.1) is 6.39 Å². The minimum Gasteiger partial charge on any atom is -0.573 e. The third kappa shape index (κ3) is 1.96. The number of hydrogen-bond acceptors (Lipinski definition) is 3. The van der Waals surface area contributed by atoms with Crippen molar-refractivity contribution in [1.29, 1.82) is 0 Å². The van der Waals surface area contributed by atoms with Crippen molar-refractivity contribution in [3.63, 3.8) is 0 Å². The van der Waals surface area contributed by atoms with Crippen molar-refractivity contribution in [1.82, 2.24) is 4.98 Å². The number of benzene rings is 2. The monoisotopic (exact) mass is 274 g/mol. The molecule has 0 atom stereocenters. The minimum atomic E-state index is 0. The first-order chi connectivity index (χ1) is 7.86. The van der Waals surface area contributed by atoms with Crippen LogP contribution < -0.4 is 0 Å². The fourth-order valence-corrected chi connectivity index (χ4v) is 1.76. The molecule has 0 aliphatic rings.